The fourth-order valence-electron chi connectivity index (χ4n) is 5.37. The zero-order valence-corrected chi connectivity index (χ0v) is 21.2. The maximum absolute atomic E-state index is 14.2. The Morgan fingerprint density at radius 2 is 1.69 bits per heavy atom. The zero-order chi connectivity index (χ0) is 24.9. The molecule has 35 heavy (non-hydrogen) atoms. The average Bonchev–Trinajstić information content (AvgIpc) is 3.42. The van der Waals surface area contributed by atoms with Gasteiger partial charge < -0.3 is 20.0 Å². The lowest BCUT2D eigenvalue weighted by atomic mass is 10.0. The highest BCUT2D eigenvalue weighted by atomic mass is 35.5. The van der Waals surface area contributed by atoms with Crippen molar-refractivity contribution >= 4 is 23.5 Å². The quantitative estimate of drug-likeness (QED) is 0.573. The summed E-state index contributed by atoms with van der Waals surface area (Å²) in [5.74, 6) is -0.160. The molecule has 0 bridgehead atoms. The Morgan fingerprint density at radius 1 is 1.03 bits per heavy atom. The van der Waals surface area contributed by atoms with E-state index in [4.69, 9.17) is 11.6 Å². The number of benzene rings is 2. The van der Waals surface area contributed by atoms with Crippen LogP contribution in [0.25, 0.3) is 0 Å². The first-order chi connectivity index (χ1) is 16.9. The SMILES string of the molecule is CCN(CC)C(=O)NC(CCN1CC2CN(C(=O)c3c(F)cccc3Cl)CC2C1)c1ccccc1. The highest BCUT2D eigenvalue weighted by Crippen LogP contribution is 2.33. The average molecular weight is 501 g/mol. The maximum Gasteiger partial charge on any atom is 0.317 e. The van der Waals surface area contributed by atoms with Crippen LogP contribution in [-0.4, -0.2) is 72.5 Å². The topological polar surface area (TPSA) is 55.9 Å². The Bertz CT molecular complexity index is 999. The number of hydrogen-bond acceptors (Lipinski definition) is 3. The van der Waals surface area contributed by atoms with E-state index in [1.807, 2.05) is 32.0 Å². The van der Waals surface area contributed by atoms with Gasteiger partial charge in [-0.15, -0.1) is 0 Å². The summed E-state index contributed by atoms with van der Waals surface area (Å²) >= 11 is 6.11. The molecule has 188 valence electrons. The van der Waals surface area contributed by atoms with Crippen LogP contribution < -0.4 is 5.32 Å². The summed E-state index contributed by atoms with van der Waals surface area (Å²) in [7, 11) is 0. The van der Waals surface area contributed by atoms with Crippen molar-refractivity contribution in [3.8, 4) is 0 Å². The van der Waals surface area contributed by atoms with E-state index >= 15 is 0 Å². The highest BCUT2D eigenvalue weighted by Gasteiger charge is 2.42. The van der Waals surface area contributed by atoms with Crippen LogP contribution in [0, 0.1) is 17.7 Å². The molecule has 4 rings (SSSR count). The molecule has 2 fully saturated rings. The van der Waals surface area contributed by atoms with Crippen LogP contribution in [-0.2, 0) is 0 Å². The number of halogens is 2. The fraction of sp³-hybridized carbons (Fsp3) is 0.481. The summed E-state index contributed by atoms with van der Waals surface area (Å²) in [5.41, 5.74) is 1.08. The van der Waals surface area contributed by atoms with Crippen LogP contribution >= 0.6 is 11.6 Å². The van der Waals surface area contributed by atoms with Crippen LogP contribution in [0.1, 0.15) is 42.2 Å². The molecule has 2 aliphatic heterocycles. The van der Waals surface area contributed by atoms with Crippen LogP contribution in [0.4, 0.5) is 9.18 Å². The van der Waals surface area contributed by atoms with Gasteiger partial charge in [0.15, 0.2) is 0 Å². The number of fused-ring (bicyclic) bond motifs is 1. The Labute approximate surface area is 212 Å². The number of nitrogens with one attached hydrogen (secondary N) is 1. The molecule has 1 N–H and O–H groups in total. The summed E-state index contributed by atoms with van der Waals surface area (Å²) in [6, 6.07) is 14.3. The normalized spacial score (nSPS) is 20.5. The van der Waals surface area contributed by atoms with Crippen LogP contribution in [0.2, 0.25) is 5.02 Å². The van der Waals surface area contributed by atoms with Crippen molar-refractivity contribution in [2.75, 3.05) is 45.8 Å². The highest BCUT2D eigenvalue weighted by molar-refractivity contribution is 6.33. The Kier molecular flexibility index (Phi) is 8.29. The van der Waals surface area contributed by atoms with E-state index in [1.165, 1.54) is 12.1 Å². The summed E-state index contributed by atoms with van der Waals surface area (Å²) in [6.07, 6.45) is 0.809. The number of carbonyl (C=O) groups excluding carboxylic acids is 2. The van der Waals surface area contributed by atoms with Crippen molar-refractivity contribution in [2.45, 2.75) is 26.3 Å². The molecule has 0 aliphatic carbocycles. The fourth-order valence-corrected chi connectivity index (χ4v) is 5.61. The smallest absolute Gasteiger partial charge is 0.317 e. The van der Waals surface area contributed by atoms with Gasteiger partial charge in [0, 0.05) is 45.8 Å². The van der Waals surface area contributed by atoms with E-state index in [2.05, 4.69) is 22.3 Å². The van der Waals surface area contributed by atoms with E-state index < -0.39 is 5.82 Å². The van der Waals surface area contributed by atoms with Gasteiger partial charge in [-0.05, 0) is 49.8 Å². The molecule has 3 atom stereocenters. The Morgan fingerprint density at radius 3 is 2.29 bits per heavy atom. The van der Waals surface area contributed by atoms with E-state index in [1.54, 1.807) is 15.9 Å². The van der Waals surface area contributed by atoms with Gasteiger partial charge in [0.1, 0.15) is 5.82 Å². The molecule has 2 aromatic carbocycles. The van der Waals surface area contributed by atoms with Gasteiger partial charge in [-0.2, -0.15) is 0 Å². The van der Waals surface area contributed by atoms with E-state index in [9.17, 15) is 14.0 Å². The summed E-state index contributed by atoms with van der Waals surface area (Å²) in [5, 5.41) is 3.38. The number of nitrogens with zero attached hydrogens (tertiary/aromatic N) is 3. The van der Waals surface area contributed by atoms with Crippen molar-refractivity contribution in [1.82, 2.24) is 20.0 Å². The second-order valence-electron chi connectivity index (χ2n) is 9.46. The van der Waals surface area contributed by atoms with Gasteiger partial charge in [-0.1, -0.05) is 48.0 Å². The number of urea groups is 1. The first-order valence-corrected chi connectivity index (χ1v) is 12.8. The lowest BCUT2D eigenvalue weighted by Crippen LogP contribution is -2.42. The summed E-state index contributed by atoms with van der Waals surface area (Å²) < 4.78 is 14.2. The molecule has 2 aromatic rings. The molecular formula is C27H34ClFN4O2. The standard InChI is InChI=1S/C27H34ClFN4O2/c1-3-32(4-2)27(35)30-24(19-9-6-5-7-10-19)13-14-31-15-20-17-33(18-21(20)16-31)26(34)25-22(28)11-8-12-23(25)29/h5-12,20-21,24H,3-4,13-18H2,1-2H3,(H,30,35). The molecule has 0 aromatic heterocycles. The number of amides is 3. The molecule has 0 radical (unpaired) electrons. The first-order valence-electron chi connectivity index (χ1n) is 12.5. The van der Waals surface area contributed by atoms with Crippen LogP contribution in [0.3, 0.4) is 0 Å². The minimum Gasteiger partial charge on any atom is -0.338 e. The third kappa shape index (κ3) is 5.78. The summed E-state index contributed by atoms with van der Waals surface area (Å²) in [4.78, 5) is 31.6. The van der Waals surface area contributed by atoms with Crippen LogP contribution in [0.5, 0.6) is 0 Å². The molecule has 3 unspecified atom stereocenters. The van der Waals surface area contributed by atoms with Gasteiger partial charge >= 0.3 is 6.03 Å². The lowest BCUT2D eigenvalue weighted by molar-refractivity contribution is 0.0769. The molecule has 6 nitrogen and oxygen atoms in total. The molecule has 0 saturated carbocycles. The van der Waals surface area contributed by atoms with E-state index in [-0.39, 0.29) is 28.6 Å². The Hall–Kier alpha value is -2.64. The predicted octanol–water partition coefficient (Wildman–Crippen LogP) is 4.67. The predicted molar refractivity (Wildman–Crippen MR) is 136 cm³/mol. The van der Waals surface area contributed by atoms with Gasteiger partial charge in [0.2, 0.25) is 0 Å². The van der Waals surface area contributed by atoms with Crippen molar-refractivity contribution < 1.29 is 14.0 Å². The third-order valence-electron chi connectivity index (χ3n) is 7.31. The third-order valence-corrected chi connectivity index (χ3v) is 7.62. The zero-order valence-electron chi connectivity index (χ0n) is 20.4. The van der Waals surface area contributed by atoms with Crippen molar-refractivity contribution in [2.24, 2.45) is 11.8 Å². The van der Waals surface area contributed by atoms with Gasteiger partial charge in [-0.3, -0.25) is 4.79 Å². The van der Waals surface area contributed by atoms with Crippen molar-refractivity contribution in [3.05, 3.63) is 70.5 Å². The van der Waals surface area contributed by atoms with Crippen LogP contribution in [0.15, 0.2) is 48.5 Å². The van der Waals surface area contributed by atoms with Gasteiger partial charge in [-0.25, -0.2) is 9.18 Å². The molecule has 2 aliphatic rings. The second kappa shape index (κ2) is 11.4. The minimum atomic E-state index is -0.570. The number of carbonyl (C=O) groups is 2. The van der Waals surface area contributed by atoms with E-state index in [0.29, 0.717) is 38.0 Å². The second-order valence-corrected chi connectivity index (χ2v) is 9.87. The Balaban J connectivity index is 1.34. The molecule has 0 spiro atoms. The summed E-state index contributed by atoms with van der Waals surface area (Å²) in [6.45, 7) is 9.19. The van der Waals surface area contributed by atoms with Crippen molar-refractivity contribution in [3.63, 3.8) is 0 Å². The monoisotopic (exact) mass is 500 g/mol. The molecule has 3 amide bonds. The first kappa shape index (κ1) is 25.5. The largest absolute Gasteiger partial charge is 0.338 e. The molecular weight excluding hydrogens is 467 g/mol. The number of hydrogen-bond donors (Lipinski definition) is 1. The van der Waals surface area contributed by atoms with E-state index in [0.717, 1.165) is 31.6 Å². The van der Waals surface area contributed by atoms with Gasteiger partial charge in [0.05, 0.1) is 16.6 Å². The molecule has 2 heterocycles. The van der Waals surface area contributed by atoms with Crippen molar-refractivity contribution in [1.29, 1.82) is 0 Å². The number of likely N-dealkylation sites (tertiary alicyclic amines) is 2. The number of rotatable bonds is 8. The lowest BCUT2D eigenvalue weighted by Gasteiger charge is -2.27. The van der Waals surface area contributed by atoms with Gasteiger partial charge in [0.25, 0.3) is 5.91 Å². The minimum absolute atomic E-state index is 0.0272. The maximum atomic E-state index is 14.2. The molecule has 2 saturated heterocycles. The molecule has 8 heteroatoms.